The molecule has 4 N–H and O–H groups in total. The van der Waals surface area contributed by atoms with Crippen molar-refractivity contribution >= 4 is 67.8 Å². The largest absolute Gasteiger partial charge is 0.399 e. The van der Waals surface area contributed by atoms with Gasteiger partial charge in [0, 0.05) is 36.8 Å². The summed E-state index contributed by atoms with van der Waals surface area (Å²) < 4.78 is 32.4. The normalized spacial score (nSPS) is 12.0. The first-order valence-electron chi connectivity index (χ1n) is 13.4. The van der Waals surface area contributed by atoms with Gasteiger partial charge in [-0.05, 0) is 50.1 Å². The highest BCUT2D eigenvalue weighted by Gasteiger charge is 2.29. The first kappa shape index (κ1) is 33.8. The van der Waals surface area contributed by atoms with Crippen molar-refractivity contribution in [1.82, 2.24) is 9.78 Å². The fourth-order valence-electron chi connectivity index (χ4n) is 4.33. The molecule has 12 nitrogen and oxygen atoms in total. The van der Waals surface area contributed by atoms with Crippen LogP contribution in [0.25, 0.3) is 5.69 Å². The molecule has 0 radical (unpaired) electrons. The van der Waals surface area contributed by atoms with E-state index in [1.165, 1.54) is 23.7 Å². The molecule has 0 saturated carbocycles. The van der Waals surface area contributed by atoms with Crippen LogP contribution in [-0.4, -0.2) is 47.5 Å². The zero-order valence-electron chi connectivity index (χ0n) is 24.5. The molecule has 0 aliphatic heterocycles. The standard InChI is InChI=1S/C28H34Cl2N8O4S/c1-6-37(11-7-8-12-43(40,41)42)19-9-10-23(24(15-19)33-17(2)39)34-35-27-20(16-31)26(28(3,4)5)36-38(27)25-21(29)13-18(32)14-22(25)30/h9-10,13-15H,6-8,11-12,32H2,1-5H3,(H,33,39)(H,40,41,42). The lowest BCUT2D eigenvalue weighted by atomic mass is 9.90. The zero-order chi connectivity index (χ0) is 32.1. The molecular formula is C28H34Cl2N8O4S. The second-order valence-corrected chi connectivity index (χ2v) is 13.2. The number of anilines is 3. The molecule has 0 aliphatic rings. The first-order valence-corrected chi connectivity index (χ1v) is 15.7. The van der Waals surface area contributed by atoms with E-state index in [1.807, 2.05) is 32.6 Å². The summed E-state index contributed by atoms with van der Waals surface area (Å²) in [5.41, 5.74) is 8.06. The average Bonchev–Trinajstić information content (AvgIpc) is 3.25. The quantitative estimate of drug-likeness (QED) is 0.0878. The molecule has 1 amide bonds. The number of aromatic nitrogens is 2. The highest BCUT2D eigenvalue weighted by atomic mass is 35.5. The van der Waals surface area contributed by atoms with Crippen molar-refractivity contribution in [3.8, 4) is 11.8 Å². The van der Waals surface area contributed by atoms with Gasteiger partial charge in [-0.25, -0.2) is 4.68 Å². The molecule has 230 valence electrons. The van der Waals surface area contributed by atoms with Gasteiger partial charge >= 0.3 is 0 Å². The number of nitrogens with zero attached hydrogens (tertiary/aromatic N) is 6. The molecule has 0 bridgehead atoms. The average molecular weight is 650 g/mol. The van der Waals surface area contributed by atoms with Crippen molar-refractivity contribution < 1.29 is 17.8 Å². The van der Waals surface area contributed by atoms with Crippen LogP contribution in [0.2, 0.25) is 10.0 Å². The monoisotopic (exact) mass is 648 g/mol. The van der Waals surface area contributed by atoms with E-state index < -0.39 is 15.5 Å². The summed E-state index contributed by atoms with van der Waals surface area (Å²) in [7, 11) is -4.02. The van der Waals surface area contributed by atoms with Crippen molar-refractivity contribution in [3.63, 3.8) is 0 Å². The summed E-state index contributed by atoms with van der Waals surface area (Å²) in [6.45, 7) is 10.2. The van der Waals surface area contributed by atoms with Crippen LogP contribution in [0.3, 0.4) is 0 Å². The molecule has 15 heteroatoms. The van der Waals surface area contributed by atoms with E-state index in [9.17, 15) is 18.5 Å². The molecule has 43 heavy (non-hydrogen) atoms. The fourth-order valence-corrected chi connectivity index (χ4v) is 5.56. The van der Waals surface area contributed by atoms with Gasteiger partial charge in [0.1, 0.15) is 23.0 Å². The number of amides is 1. The maximum absolute atomic E-state index is 12.1. The minimum Gasteiger partial charge on any atom is -0.399 e. The SMILES string of the molecule is CCN(CCCCS(=O)(=O)O)c1ccc(N=Nc2c(C#N)c(C(C)(C)C)nn2-c2c(Cl)cc(N)cc2Cl)c(NC(C)=O)c1. The second kappa shape index (κ2) is 13.7. The van der Waals surface area contributed by atoms with Crippen LogP contribution >= 0.6 is 23.2 Å². The number of nitrogen functional groups attached to an aromatic ring is 1. The number of benzene rings is 2. The minimum atomic E-state index is -4.02. The zero-order valence-corrected chi connectivity index (χ0v) is 26.8. The van der Waals surface area contributed by atoms with Gasteiger partial charge in [0.05, 0.1) is 27.2 Å². The van der Waals surface area contributed by atoms with Crippen LogP contribution in [0.4, 0.5) is 28.6 Å². The van der Waals surface area contributed by atoms with E-state index in [0.29, 0.717) is 48.7 Å². The third-order valence-electron chi connectivity index (χ3n) is 6.30. The summed E-state index contributed by atoms with van der Waals surface area (Å²) in [6.07, 6.45) is 0.825. The van der Waals surface area contributed by atoms with Crippen LogP contribution in [0, 0.1) is 11.3 Å². The number of nitriles is 1. The Labute approximate surface area is 261 Å². The number of carbonyl (C=O) groups is 1. The Balaban J connectivity index is 2.10. The lowest BCUT2D eigenvalue weighted by Crippen LogP contribution is -2.24. The third-order valence-corrected chi connectivity index (χ3v) is 7.69. The van der Waals surface area contributed by atoms with E-state index in [1.54, 1.807) is 18.2 Å². The molecule has 1 heterocycles. The van der Waals surface area contributed by atoms with E-state index in [4.69, 9.17) is 33.5 Å². The van der Waals surface area contributed by atoms with Crippen LogP contribution in [0.5, 0.6) is 0 Å². The van der Waals surface area contributed by atoms with Gasteiger partial charge in [0.25, 0.3) is 10.1 Å². The van der Waals surface area contributed by atoms with Gasteiger partial charge in [0.2, 0.25) is 5.91 Å². The Morgan fingerprint density at radius 1 is 1.19 bits per heavy atom. The van der Waals surface area contributed by atoms with Gasteiger partial charge < -0.3 is 16.0 Å². The Kier molecular flexibility index (Phi) is 10.8. The van der Waals surface area contributed by atoms with Gasteiger partial charge in [-0.3, -0.25) is 9.35 Å². The topological polar surface area (TPSA) is 179 Å². The van der Waals surface area contributed by atoms with Gasteiger partial charge in [-0.2, -0.15) is 18.8 Å². The molecule has 3 rings (SSSR count). The Bertz CT molecular complexity index is 1670. The van der Waals surface area contributed by atoms with Crippen LogP contribution < -0.4 is 16.0 Å². The van der Waals surface area contributed by atoms with E-state index in [0.717, 1.165) is 5.69 Å². The number of nitrogens with one attached hydrogen (secondary N) is 1. The van der Waals surface area contributed by atoms with Crippen LogP contribution in [-0.2, 0) is 20.3 Å². The number of azo groups is 1. The number of rotatable bonds is 11. The Morgan fingerprint density at radius 2 is 1.84 bits per heavy atom. The predicted molar refractivity (Wildman–Crippen MR) is 170 cm³/mol. The third kappa shape index (κ3) is 8.67. The van der Waals surface area contributed by atoms with Crippen molar-refractivity contribution in [1.29, 1.82) is 5.26 Å². The van der Waals surface area contributed by atoms with Gasteiger partial charge in [-0.1, -0.05) is 44.0 Å². The van der Waals surface area contributed by atoms with Crippen molar-refractivity contribution in [2.45, 2.75) is 52.9 Å². The maximum Gasteiger partial charge on any atom is 0.264 e. The van der Waals surface area contributed by atoms with E-state index in [2.05, 4.69) is 26.7 Å². The lowest BCUT2D eigenvalue weighted by molar-refractivity contribution is -0.114. The number of hydrogen-bond acceptors (Lipinski definition) is 9. The molecule has 0 fully saturated rings. The smallest absolute Gasteiger partial charge is 0.264 e. The second-order valence-electron chi connectivity index (χ2n) is 10.8. The molecule has 0 atom stereocenters. The van der Waals surface area contributed by atoms with E-state index >= 15 is 0 Å². The number of halogens is 2. The van der Waals surface area contributed by atoms with Crippen LogP contribution in [0.1, 0.15) is 58.7 Å². The molecule has 0 saturated heterocycles. The summed E-state index contributed by atoms with van der Waals surface area (Å²) in [5.74, 6) is -0.553. The van der Waals surface area contributed by atoms with E-state index in [-0.39, 0.29) is 38.8 Å². The highest BCUT2D eigenvalue weighted by molar-refractivity contribution is 7.85. The lowest BCUT2D eigenvalue weighted by Gasteiger charge is -2.24. The van der Waals surface area contributed by atoms with Gasteiger partial charge in [0.15, 0.2) is 5.82 Å². The van der Waals surface area contributed by atoms with Gasteiger partial charge in [-0.15, -0.1) is 10.2 Å². The number of hydrogen-bond donors (Lipinski definition) is 3. The molecule has 0 aliphatic carbocycles. The summed E-state index contributed by atoms with van der Waals surface area (Å²) in [6, 6.07) is 10.4. The molecular weight excluding hydrogens is 615 g/mol. The van der Waals surface area contributed by atoms with Crippen LogP contribution in [0.15, 0.2) is 40.6 Å². The molecule has 0 spiro atoms. The number of nitrogens with two attached hydrogens (primary N) is 1. The van der Waals surface area contributed by atoms with Crippen molar-refractivity contribution in [2.24, 2.45) is 10.2 Å². The Morgan fingerprint density at radius 3 is 2.37 bits per heavy atom. The van der Waals surface area contributed by atoms with Crippen molar-refractivity contribution in [2.75, 3.05) is 34.8 Å². The molecule has 2 aromatic carbocycles. The highest BCUT2D eigenvalue weighted by Crippen LogP contribution is 2.40. The number of unbranched alkanes of at least 4 members (excludes halogenated alkanes) is 1. The molecule has 0 unspecified atom stereocenters. The predicted octanol–water partition coefficient (Wildman–Crippen LogP) is 6.80. The minimum absolute atomic E-state index is 0.0906. The first-order chi connectivity index (χ1) is 20.1. The number of carbonyl (C=O) groups excluding carboxylic acids is 1. The molecule has 1 aromatic heterocycles. The Hall–Kier alpha value is -3.70. The summed E-state index contributed by atoms with van der Waals surface area (Å²) >= 11 is 13.0. The molecule has 3 aromatic rings. The maximum atomic E-state index is 12.1. The summed E-state index contributed by atoms with van der Waals surface area (Å²) in [5, 5.41) is 26.8. The fraction of sp³-hybridized carbons (Fsp3) is 0.393. The summed E-state index contributed by atoms with van der Waals surface area (Å²) in [4.78, 5) is 14.1. The van der Waals surface area contributed by atoms with Crippen molar-refractivity contribution in [3.05, 3.63) is 51.6 Å².